The van der Waals surface area contributed by atoms with Crippen LogP contribution in [0.3, 0.4) is 0 Å². The number of amides is 1. The number of rotatable bonds is 11. The van der Waals surface area contributed by atoms with Crippen molar-refractivity contribution in [1.82, 2.24) is 15.0 Å². The van der Waals surface area contributed by atoms with Crippen molar-refractivity contribution >= 4 is 15.9 Å². The van der Waals surface area contributed by atoms with Crippen LogP contribution in [-0.4, -0.2) is 37.9 Å². The molecule has 1 aliphatic carbocycles. The molecule has 1 aliphatic rings. The van der Waals surface area contributed by atoms with Gasteiger partial charge in [-0.15, -0.1) is 0 Å². The standard InChI is InChI=1S/C28H34N4O3S/c29-26(14-6-7-18-31-36(34,35)23-11-2-1-3-12-23)28(33)32-27-16-15-22-10-4-5-13-24(22)25(27)19-21-9-8-17-30-20-21/h1-5,8-13,17,20,25-27,31H,6-7,14-16,18-19,29H2,(H,32,33)/t25-,26+,27+/m0/s1. The monoisotopic (exact) mass is 506 g/mol. The highest BCUT2D eigenvalue weighted by atomic mass is 32.2. The number of benzene rings is 2. The van der Waals surface area contributed by atoms with Crippen LogP contribution in [0.1, 0.15) is 48.3 Å². The third-order valence-electron chi connectivity index (χ3n) is 6.80. The van der Waals surface area contributed by atoms with Crippen LogP contribution in [0.2, 0.25) is 0 Å². The number of pyridine rings is 1. The molecule has 0 fully saturated rings. The number of carbonyl (C=O) groups excluding carboxylic acids is 1. The highest BCUT2D eigenvalue weighted by Crippen LogP contribution is 2.34. The van der Waals surface area contributed by atoms with E-state index in [0.717, 1.165) is 24.8 Å². The van der Waals surface area contributed by atoms with Gasteiger partial charge in [0, 0.05) is 30.9 Å². The molecule has 0 saturated heterocycles. The van der Waals surface area contributed by atoms with Crippen LogP contribution in [0.25, 0.3) is 0 Å². The van der Waals surface area contributed by atoms with Gasteiger partial charge >= 0.3 is 0 Å². The molecule has 1 amide bonds. The number of sulfonamides is 1. The van der Waals surface area contributed by atoms with Crippen molar-refractivity contribution in [2.24, 2.45) is 5.73 Å². The predicted molar refractivity (Wildman–Crippen MR) is 141 cm³/mol. The molecule has 0 bridgehead atoms. The first-order valence-electron chi connectivity index (χ1n) is 12.5. The fraction of sp³-hybridized carbons (Fsp3) is 0.357. The first-order valence-corrected chi connectivity index (χ1v) is 14.0. The first kappa shape index (κ1) is 26.0. The fourth-order valence-electron chi connectivity index (χ4n) is 4.85. The summed E-state index contributed by atoms with van der Waals surface area (Å²) in [5.41, 5.74) is 9.97. The summed E-state index contributed by atoms with van der Waals surface area (Å²) in [6, 6.07) is 20.1. The number of hydrogen-bond donors (Lipinski definition) is 3. The Labute approximate surface area is 213 Å². The van der Waals surface area contributed by atoms with Crippen molar-refractivity contribution in [2.75, 3.05) is 6.54 Å². The van der Waals surface area contributed by atoms with Gasteiger partial charge in [-0.1, -0.05) is 55.0 Å². The topological polar surface area (TPSA) is 114 Å². The Kier molecular flexibility index (Phi) is 8.85. The Morgan fingerprint density at radius 3 is 2.58 bits per heavy atom. The summed E-state index contributed by atoms with van der Waals surface area (Å²) < 4.78 is 27.2. The Balaban J connectivity index is 1.29. The molecule has 0 saturated carbocycles. The molecule has 4 N–H and O–H groups in total. The number of carbonyl (C=O) groups is 1. The highest BCUT2D eigenvalue weighted by Gasteiger charge is 2.31. The molecule has 1 aromatic heterocycles. The molecule has 1 heterocycles. The largest absolute Gasteiger partial charge is 0.351 e. The second-order valence-corrected chi connectivity index (χ2v) is 11.1. The minimum atomic E-state index is -3.52. The molecular formula is C28H34N4O3S. The Bertz CT molecular complexity index is 1240. The van der Waals surface area contributed by atoms with Crippen LogP contribution in [-0.2, 0) is 27.7 Å². The zero-order valence-electron chi connectivity index (χ0n) is 20.3. The van der Waals surface area contributed by atoms with Crippen molar-refractivity contribution < 1.29 is 13.2 Å². The molecule has 7 nitrogen and oxygen atoms in total. The Morgan fingerprint density at radius 1 is 1.03 bits per heavy atom. The maximum Gasteiger partial charge on any atom is 0.240 e. The highest BCUT2D eigenvalue weighted by molar-refractivity contribution is 7.89. The van der Waals surface area contributed by atoms with E-state index in [1.165, 1.54) is 11.1 Å². The van der Waals surface area contributed by atoms with Crippen molar-refractivity contribution in [1.29, 1.82) is 0 Å². The van der Waals surface area contributed by atoms with Crippen LogP contribution < -0.4 is 15.8 Å². The second-order valence-electron chi connectivity index (χ2n) is 9.34. The van der Waals surface area contributed by atoms with Crippen LogP contribution in [0.5, 0.6) is 0 Å². The lowest BCUT2D eigenvalue weighted by Gasteiger charge is -2.35. The van der Waals surface area contributed by atoms with Crippen molar-refractivity contribution in [3.05, 3.63) is 95.8 Å². The number of nitrogens with zero attached hydrogens (tertiary/aromatic N) is 1. The van der Waals surface area contributed by atoms with E-state index in [1.54, 1.807) is 36.5 Å². The first-order chi connectivity index (χ1) is 17.4. The lowest BCUT2D eigenvalue weighted by Crippen LogP contribution is -2.49. The summed E-state index contributed by atoms with van der Waals surface area (Å²) in [5, 5.41) is 3.22. The number of fused-ring (bicyclic) bond motifs is 1. The summed E-state index contributed by atoms with van der Waals surface area (Å²) in [5.74, 6) is 0.00290. The molecular weight excluding hydrogens is 472 g/mol. The minimum absolute atomic E-state index is 0.00339. The third-order valence-corrected chi connectivity index (χ3v) is 8.27. The van der Waals surface area contributed by atoms with E-state index in [-0.39, 0.29) is 22.8 Å². The van der Waals surface area contributed by atoms with Gasteiger partial charge in [-0.3, -0.25) is 9.78 Å². The third kappa shape index (κ3) is 6.78. The molecule has 0 unspecified atom stereocenters. The van der Waals surface area contributed by atoms with Crippen LogP contribution in [0.4, 0.5) is 0 Å². The fourth-order valence-corrected chi connectivity index (χ4v) is 5.95. The number of aryl methyl sites for hydroxylation is 1. The smallest absolute Gasteiger partial charge is 0.240 e. The molecule has 2 aromatic carbocycles. The van der Waals surface area contributed by atoms with E-state index < -0.39 is 16.1 Å². The number of hydrogen-bond acceptors (Lipinski definition) is 5. The molecule has 36 heavy (non-hydrogen) atoms. The quantitative estimate of drug-likeness (QED) is 0.345. The van der Waals surface area contributed by atoms with Crippen molar-refractivity contribution in [3.8, 4) is 0 Å². The van der Waals surface area contributed by atoms with E-state index in [0.29, 0.717) is 25.8 Å². The van der Waals surface area contributed by atoms with E-state index in [9.17, 15) is 13.2 Å². The summed E-state index contributed by atoms with van der Waals surface area (Å²) >= 11 is 0. The molecule has 0 aliphatic heterocycles. The van der Waals surface area contributed by atoms with Gasteiger partial charge in [0.25, 0.3) is 0 Å². The zero-order chi connectivity index (χ0) is 25.4. The van der Waals surface area contributed by atoms with Crippen LogP contribution in [0.15, 0.2) is 84.0 Å². The van der Waals surface area contributed by atoms with E-state index in [1.807, 2.05) is 12.3 Å². The van der Waals surface area contributed by atoms with Gasteiger partial charge in [0.05, 0.1) is 10.9 Å². The predicted octanol–water partition coefficient (Wildman–Crippen LogP) is 3.32. The summed E-state index contributed by atoms with van der Waals surface area (Å²) in [6.07, 6.45) is 7.98. The minimum Gasteiger partial charge on any atom is -0.351 e. The number of nitrogens with two attached hydrogens (primary N) is 1. The van der Waals surface area contributed by atoms with Gasteiger partial charge in [-0.05, 0) is 67.0 Å². The SMILES string of the molecule is N[C@H](CCCCNS(=O)(=O)c1ccccc1)C(=O)N[C@@H]1CCc2ccccc2[C@@H]1Cc1cccnc1. The van der Waals surface area contributed by atoms with Gasteiger partial charge in [0.1, 0.15) is 0 Å². The van der Waals surface area contributed by atoms with Gasteiger partial charge < -0.3 is 11.1 Å². The number of nitrogens with one attached hydrogen (secondary N) is 2. The zero-order valence-corrected chi connectivity index (χ0v) is 21.2. The molecule has 0 spiro atoms. The van der Waals surface area contributed by atoms with Gasteiger partial charge in [0.2, 0.25) is 15.9 Å². The van der Waals surface area contributed by atoms with E-state index in [2.05, 4.69) is 45.4 Å². The normalized spacial score (nSPS) is 18.2. The Morgan fingerprint density at radius 2 is 1.81 bits per heavy atom. The maximum atomic E-state index is 13.0. The van der Waals surface area contributed by atoms with Crippen molar-refractivity contribution in [2.45, 2.75) is 61.4 Å². The molecule has 0 radical (unpaired) electrons. The molecule has 4 rings (SSSR count). The maximum absolute atomic E-state index is 13.0. The summed E-state index contributed by atoms with van der Waals surface area (Å²) in [4.78, 5) is 17.5. The number of aromatic nitrogens is 1. The number of unbranched alkanes of at least 4 members (excludes halogenated alkanes) is 1. The average molecular weight is 507 g/mol. The van der Waals surface area contributed by atoms with Crippen molar-refractivity contribution in [3.63, 3.8) is 0 Å². The van der Waals surface area contributed by atoms with Gasteiger partial charge in [-0.25, -0.2) is 13.1 Å². The Hall–Kier alpha value is -3.07. The van der Waals surface area contributed by atoms with E-state index in [4.69, 9.17) is 5.73 Å². The average Bonchev–Trinajstić information content (AvgIpc) is 2.90. The molecule has 8 heteroatoms. The molecule has 190 valence electrons. The molecule has 3 atom stereocenters. The molecule has 3 aromatic rings. The lowest BCUT2D eigenvalue weighted by molar-refractivity contribution is -0.123. The summed E-state index contributed by atoms with van der Waals surface area (Å²) in [7, 11) is -3.52. The summed E-state index contributed by atoms with van der Waals surface area (Å²) in [6.45, 7) is 0.304. The van der Waals surface area contributed by atoms with E-state index >= 15 is 0 Å². The van der Waals surface area contributed by atoms with Gasteiger partial charge in [-0.2, -0.15) is 0 Å². The van der Waals surface area contributed by atoms with Gasteiger partial charge in [0.15, 0.2) is 0 Å². The second kappa shape index (κ2) is 12.3. The lowest BCUT2D eigenvalue weighted by atomic mass is 9.76. The van der Waals surface area contributed by atoms with Crippen LogP contribution in [0, 0.1) is 0 Å². The van der Waals surface area contributed by atoms with Crippen LogP contribution >= 0.6 is 0 Å².